The van der Waals surface area contributed by atoms with Gasteiger partial charge in [-0.15, -0.1) is 0 Å². The van der Waals surface area contributed by atoms with Crippen LogP contribution in [0.25, 0.3) is 0 Å². The number of ether oxygens (including phenoxy) is 1. The van der Waals surface area contributed by atoms with Crippen molar-refractivity contribution in [1.29, 1.82) is 0 Å². The van der Waals surface area contributed by atoms with Crippen LogP contribution in [0.15, 0.2) is 60.7 Å². The predicted octanol–water partition coefficient (Wildman–Crippen LogP) is 4.27. The van der Waals surface area contributed by atoms with E-state index in [0.29, 0.717) is 12.5 Å². The van der Waals surface area contributed by atoms with Crippen molar-refractivity contribution in [3.8, 4) is 0 Å². The van der Waals surface area contributed by atoms with Gasteiger partial charge in [0, 0.05) is 17.9 Å². The molecule has 0 heterocycles. The van der Waals surface area contributed by atoms with E-state index in [1.165, 1.54) is 18.2 Å². The fourth-order valence-corrected chi connectivity index (χ4v) is 3.41. The first-order valence-electron chi connectivity index (χ1n) is 8.84. The summed E-state index contributed by atoms with van der Waals surface area (Å²) >= 11 is 0. The van der Waals surface area contributed by atoms with E-state index < -0.39 is 0 Å². The summed E-state index contributed by atoms with van der Waals surface area (Å²) in [5, 5.41) is 0. The number of hydrogen-bond acceptors (Lipinski definition) is 3. The summed E-state index contributed by atoms with van der Waals surface area (Å²) in [6, 6.07) is 21.4. The van der Waals surface area contributed by atoms with Crippen LogP contribution in [0.5, 0.6) is 0 Å². The third-order valence-corrected chi connectivity index (χ3v) is 5.16. The molecule has 2 aromatic rings. The highest BCUT2D eigenvalue weighted by atomic mass is 16.5. The summed E-state index contributed by atoms with van der Waals surface area (Å²) in [5.41, 5.74) is 2.28. The molecule has 0 aromatic heterocycles. The summed E-state index contributed by atoms with van der Waals surface area (Å²) in [4.78, 5) is 14.1. The average molecular weight is 339 g/mol. The minimum Gasteiger partial charge on any atom is -0.469 e. The number of methoxy groups -OCH3 is 1. The summed E-state index contributed by atoms with van der Waals surface area (Å²) in [6.07, 6.45) is 2.07. The Hall–Kier alpha value is -2.13. The van der Waals surface area contributed by atoms with Gasteiger partial charge in [0.25, 0.3) is 0 Å². The van der Waals surface area contributed by atoms with Gasteiger partial charge in [0.15, 0.2) is 0 Å². The Bertz CT molecular complexity index is 613. The van der Waals surface area contributed by atoms with Gasteiger partial charge in [-0.25, -0.2) is 0 Å². The van der Waals surface area contributed by atoms with Gasteiger partial charge in [-0.1, -0.05) is 60.7 Å². The van der Waals surface area contributed by atoms with Gasteiger partial charge >= 0.3 is 5.97 Å². The number of hydrogen-bond donors (Lipinski definition) is 0. The highest BCUT2D eigenvalue weighted by molar-refractivity contribution is 5.69. The van der Waals surface area contributed by atoms with Crippen molar-refractivity contribution in [2.24, 2.45) is 0 Å². The molecular weight excluding hydrogens is 310 g/mol. The highest BCUT2D eigenvalue weighted by Crippen LogP contribution is 2.41. The quantitative estimate of drug-likeness (QED) is 0.673. The molecular formula is C22H29NO2. The van der Waals surface area contributed by atoms with Gasteiger partial charge in [-0.3, -0.25) is 4.79 Å². The zero-order valence-electron chi connectivity index (χ0n) is 15.7. The second-order valence-corrected chi connectivity index (χ2v) is 6.91. The van der Waals surface area contributed by atoms with Crippen molar-refractivity contribution in [2.45, 2.75) is 37.6 Å². The van der Waals surface area contributed by atoms with E-state index in [1.807, 2.05) is 12.1 Å². The lowest BCUT2D eigenvalue weighted by Crippen LogP contribution is -2.37. The Kier molecular flexibility index (Phi) is 6.77. The van der Waals surface area contributed by atoms with Gasteiger partial charge in [0.2, 0.25) is 0 Å². The Morgan fingerprint density at radius 2 is 1.48 bits per heavy atom. The fraction of sp³-hybridized carbons (Fsp3) is 0.409. The third kappa shape index (κ3) is 4.70. The molecule has 0 spiro atoms. The lowest BCUT2D eigenvalue weighted by Gasteiger charge is -2.39. The smallest absolute Gasteiger partial charge is 0.305 e. The Morgan fingerprint density at radius 3 is 1.88 bits per heavy atom. The maximum absolute atomic E-state index is 11.9. The van der Waals surface area contributed by atoms with Crippen molar-refractivity contribution >= 4 is 5.97 Å². The van der Waals surface area contributed by atoms with Crippen molar-refractivity contribution < 1.29 is 9.53 Å². The largest absolute Gasteiger partial charge is 0.469 e. The molecule has 1 atom stereocenters. The van der Waals surface area contributed by atoms with Crippen LogP contribution in [-0.2, 0) is 14.9 Å². The van der Waals surface area contributed by atoms with Gasteiger partial charge in [-0.05, 0) is 45.0 Å². The molecule has 1 unspecified atom stereocenters. The second kappa shape index (κ2) is 8.82. The Balaban J connectivity index is 2.53. The van der Waals surface area contributed by atoms with E-state index in [-0.39, 0.29) is 11.4 Å². The molecule has 0 N–H and O–H groups in total. The topological polar surface area (TPSA) is 29.5 Å². The molecule has 0 fully saturated rings. The molecule has 2 aromatic carbocycles. The molecule has 0 saturated heterocycles. The second-order valence-electron chi connectivity index (χ2n) is 6.91. The summed E-state index contributed by atoms with van der Waals surface area (Å²) in [7, 11) is 5.66. The first kappa shape index (κ1) is 19.2. The van der Waals surface area contributed by atoms with E-state index in [2.05, 4.69) is 74.4 Å². The number of benzene rings is 2. The van der Waals surface area contributed by atoms with Crippen LogP contribution in [0.2, 0.25) is 0 Å². The lowest BCUT2D eigenvalue weighted by atomic mass is 9.67. The minimum absolute atomic E-state index is 0.159. The maximum Gasteiger partial charge on any atom is 0.305 e. The Labute approximate surface area is 151 Å². The first-order valence-corrected chi connectivity index (χ1v) is 8.84. The molecule has 3 heteroatoms. The molecule has 2 rings (SSSR count). The van der Waals surface area contributed by atoms with Crippen LogP contribution in [0.3, 0.4) is 0 Å². The number of carbonyl (C=O) groups excluding carboxylic acids is 1. The molecule has 0 radical (unpaired) electrons. The molecule has 3 nitrogen and oxygen atoms in total. The number of rotatable bonds is 8. The van der Waals surface area contributed by atoms with Crippen molar-refractivity contribution in [2.75, 3.05) is 21.2 Å². The normalized spacial score (nSPS) is 12.8. The third-order valence-electron chi connectivity index (χ3n) is 5.16. The van der Waals surface area contributed by atoms with E-state index >= 15 is 0 Å². The SMILES string of the molecule is COC(=O)CCC(CC(C)N(C)C)(c1ccccc1)c1ccccc1. The average Bonchev–Trinajstić information content (AvgIpc) is 2.66. The van der Waals surface area contributed by atoms with Crippen LogP contribution >= 0.6 is 0 Å². The standard InChI is InChI=1S/C22H29NO2/c1-18(23(2)3)17-22(16-15-21(24)25-4,19-11-7-5-8-12-19)20-13-9-6-10-14-20/h5-14,18H,15-17H2,1-4H3. The molecule has 0 aliphatic rings. The fourth-order valence-electron chi connectivity index (χ4n) is 3.41. The molecule has 0 saturated carbocycles. The lowest BCUT2D eigenvalue weighted by molar-refractivity contribution is -0.141. The Morgan fingerprint density at radius 1 is 1.00 bits per heavy atom. The monoisotopic (exact) mass is 339 g/mol. The van der Waals surface area contributed by atoms with Gasteiger partial charge in [-0.2, -0.15) is 0 Å². The zero-order chi connectivity index (χ0) is 18.3. The van der Waals surface area contributed by atoms with E-state index in [0.717, 1.165) is 12.8 Å². The van der Waals surface area contributed by atoms with Crippen molar-refractivity contribution in [3.63, 3.8) is 0 Å². The number of esters is 1. The van der Waals surface area contributed by atoms with Crippen LogP contribution < -0.4 is 0 Å². The molecule has 134 valence electrons. The summed E-state index contributed by atoms with van der Waals surface area (Å²) < 4.78 is 4.92. The maximum atomic E-state index is 11.9. The number of nitrogens with zero attached hydrogens (tertiary/aromatic N) is 1. The minimum atomic E-state index is -0.222. The van der Waals surface area contributed by atoms with Crippen molar-refractivity contribution in [1.82, 2.24) is 4.90 Å². The number of carbonyl (C=O) groups is 1. The summed E-state index contributed by atoms with van der Waals surface area (Å²) in [5.74, 6) is -0.159. The first-order chi connectivity index (χ1) is 12.0. The van der Waals surface area contributed by atoms with Gasteiger partial charge in [0.05, 0.1) is 7.11 Å². The summed E-state index contributed by atoms with van der Waals surface area (Å²) in [6.45, 7) is 2.23. The molecule has 0 aliphatic heterocycles. The van der Waals surface area contributed by atoms with Gasteiger partial charge in [0.1, 0.15) is 0 Å². The van der Waals surface area contributed by atoms with Crippen LogP contribution in [0, 0.1) is 0 Å². The van der Waals surface area contributed by atoms with E-state index in [4.69, 9.17) is 4.74 Å². The molecule has 0 amide bonds. The van der Waals surface area contributed by atoms with E-state index in [1.54, 1.807) is 0 Å². The van der Waals surface area contributed by atoms with E-state index in [9.17, 15) is 4.79 Å². The van der Waals surface area contributed by atoms with Gasteiger partial charge < -0.3 is 9.64 Å². The van der Waals surface area contributed by atoms with Crippen molar-refractivity contribution in [3.05, 3.63) is 71.8 Å². The molecule has 25 heavy (non-hydrogen) atoms. The molecule has 0 bridgehead atoms. The highest BCUT2D eigenvalue weighted by Gasteiger charge is 2.36. The zero-order valence-corrected chi connectivity index (χ0v) is 15.7. The predicted molar refractivity (Wildman–Crippen MR) is 103 cm³/mol. The van der Waals surface area contributed by atoms with Crippen LogP contribution in [0.4, 0.5) is 0 Å². The van der Waals surface area contributed by atoms with Crippen LogP contribution in [0.1, 0.15) is 37.3 Å². The van der Waals surface area contributed by atoms with Crippen LogP contribution in [-0.4, -0.2) is 38.1 Å². The molecule has 0 aliphatic carbocycles.